The van der Waals surface area contributed by atoms with Crippen LogP contribution in [-0.2, 0) is 29.2 Å². The summed E-state index contributed by atoms with van der Waals surface area (Å²) in [6.45, 7) is 0.115. The summed E-state index contributed by atoms with van der Waals surface area (Å²) >= 11 is 7.35. The van der Waals surface area contributed by atoms with Crippen molar-refractivity contribution >= 4 is 34.8 Å². The summed E-state index contributed by atoms with van der Waals surface area (Å²) < 4.78 is 13.6. The van der Waals surface area contributed by atoms with Crippen LogP contribution >= 0.6 is 22.9 Å². The van der Waals surface area contributed by atoms with Crippen LogP contribution in [0.2, 0.25) is 5.02 Å². The zero-order valence-corrected chi connectivity index (χ0v) is 22.7. The fourth-order valence-electron chi connectivity index (χ4n) is 4.10. The van der Waals surface area contributed by atoms with Gasteiger partial charge in [0.25, 0.3) is 0 Å². The number of thiophene rings is 1. The van der Waals surface area contributed by atoms with E-state index in [9.17, 15) is 14.0 Å². The molecule has 2 amide bonds. The molecule has 0 radical (unpaired) electrons. The van der Waals surface area contributed by atoms with Crippen molar-refractivity contribution in [1.29, 1.82) is 0 Å². The van der Waals surface area contributed by atoms with Crippen molar-refractivity contribution in [3.63, 3.8) is 0 Å². The molecule has 0 spiro atoms. The quantitative estimate of drug-likeness (QED) is 0.245. The molecule has 2 heterocycles. The molecule has 0 aliphatic rings. The van der Waals surface area contributed by atoms with E-state index in [0.29, 0.717) is 33.4 Å². The fraction of sp³-hybridized carbons (Fsp3) is 0.138. The number of hydrogen-bond donors (Lipinski definition) is 1. The van der Waals surface area contributed by atoms with Crippen molar-refractivity contribution in [3.8, 4) is 11.4 Å². The van der Waals surface area contributed by atoms with Crippen molar-refractivity contribution in [2.75, 3.05) is 0 Å². The first-order chi connectivity index (χ1) is 19.5. The zero-order chi connectivity index (χ0) is 27.9. The molecule has 3 aromatic carbocycles. The van der Waals surface area contributed by atoms with Gasteiger partial charge in [0.15, 0.2) is 0 Å². The van der Waals surface area contributed by atoms with Gasteiger partial charge in [0.2, 0.25) is 17.6 Å². The predicted molar refractivity (Wildman–Crippen MR) is 151 cm³/mol. The topological polar surface area (TPSA) is 93.0 Å². The molecule has 1 atom stereocenters. The van der Waals surface area contributed by atoms with Crippen molar-refractivity contribution in [2.24, 2.45) is 0 Å². The van der Waals surface area contributed by atoms with Gasteiger partial charge in [-0.05, 0) is 64.2 Å². The largest absolute Gasteiger partial charge is 0.350 e. The highest BCUT2D eigenvalue weighted by atomic mass is 35.5. The Morgan fingerprint density at radius 3 is 2.40 bits per heavy atom. The molecule has 202 valence electrons. The van der Waals surface area contributed by atoms with Gasteiger partial charge in [0.1, 0.15) is 18.4 Å². The molecule has 40 heavy (non-hydrogen) atoms. The van der Waals surface area contributed by atoms with Crippen molar-refractivity contribution in [1.82, 2.24) is 30.4 Å². The van der Waals surface area contributed by atoms with Crippen LogP contribution in [0, 0.1) is 5.82 Å². The van der Waals surface area contributed by atoms with E-state index in [1.165, 1.54) is 33.2 Å². The lowest BCUT2D eigenvalue weighted by Gasteiger charge is -2.30. The molecule has 0 saturated heterocycles. The molecular formula is C29H24ClFN6O2S. The van der Waals surface area contributed by atoms with Crippen molar-refractivity contribution in [2.45, 2.75) is 25.7 Å². The lowest BCUT2D eigenvalue weighted by atomic mass is 10.1. The highest BCUT2D eigenvalue weighted by molar-refractivity contribution is 7.10. The standard InChI is InChI=1S/C29H24ClFN6O2S/c30-23-12-10-22(11-13-23)28-33-35-37(34-28)19-26(38)36(18-21-8-14-24(31)15-9-21)27(25-7-4-16-40-25)29(39)32-17-20-5-2-1-3-6-20/h1-16,27H,17-19H2,(H,32,39). The molecule has 0 bridgehead atoms. The Morgan fingerprint density at radius 1 is 0.950 bits per heavy atom. The molecule has 5 rings (SSSR count). The van der Waals surface area contributed by atoms with Gasteiger partial charge >= 0.3 is 0 Å². The molecule has 0 fully saturated rings. The summed E-state index contributed by atoms with van der Waals surface area (Å²) in [5.74, 6) is -0.795. The van der Waals surface area contributed by atoms with Gasteiger partial charge < -0.3 is 10.2 Å². The van der Waals surface area contributed by atoms with Crippen LogP contribution in [0.25, 0.3) is 11.4 Å². The number of halogens is 2. The van der Waals surface area contributed by atoms with Gasteiger partial charge in [-0.1, -0.05) is 60.1 Å². The number of hydrogen-bond acceptors (Lipinski definition) is 6. The first-order valence-corrected chi connectivity index (χ1v) is 13.6. The van der Waals surface area contributed by atoms with Gasteiger partial charge in [0.05, 0.1) is 0 Å². The number of carbonyl (C=O) groups is 2. The van der Waals surface area contributed by atoms with Crippen LogP contribution in [-0.4, -0.2) is 36.9 Å². The average Bonchev–Trinajstić information content (AvgIpc) is 3.67. The molecule has 5 aromatic rings. The smallest absolute Gasteiger partial charge is 0.248 e. The summed E-state index contributed by atoms with van der Waals surface area (Å²) in [7, 11) is 0. The Bertz CT molecular complexity index is 1560. The maximum Gasteiger partial charge on any atom is 0.248 e. The molecule has 0 aliphatic heterocycles. The Balaban J connectivity index is 1.42. The third-order valence-corrected chi connectivity index (χ3v) is 7.28. The van der Waals surface area contributed by atoms with Crippen molar-refractivity contribution < 1.29 is 14.0 Å². The van der Waals surface area contributed by atoms with E-state index >= 15 is 0 Å². The van der Waals surface area contributed by atoms with Gasteiger partial charge in [0, 0.05) is 28.6 Å². The molecule has 0 saturated carbocycles. The van der Waals surface area contributed by atoms with Gasteiger partial charge in [-0.15, -0.1) is 21.5 Å². The number of nitrogens with zero attached hydrogens (tertiary/aromatic N) is 5. The minimum absolute atomic E-state index is 0.0686. The van der Waals surface area contributed by atoms with Crippen LogP contribution in [0.15, 0.2) is 96.4 Å². The van der Waals surface area contributed by atoms with Gasteiger partial charge in [-0.2, -0.15) is 4.80 Å². The second-order valence-corrected chi connectivity index (χ2v) is 10.3. The minimum atomic E-state index is -0.930. The molecule has 1 unspecified atom stereocenters. The Morgan fingerprint density at radius 2 is 1.70 bits per heavy atom. The van der Waals surface area contributed by atoms with Crippen LogP contribution in [0.3, 0.4) is 0 Å². The highest BCUT2D eigenvalue weighted by Gasteiger charge is 2.33. The van der Waals surface area contributed by atoms with E-state index in [-0.39, 0.29) is 19.0 Å². The zero-order valence-electron chi connectivity index (χ0n) is 21.2. The van der Waals surface area contributed by atoms with E-state index < -0.39 is 17.8 Å². The fourth-order valence-corrected chi connectivity index (χ4v) is 5.06. The number of aromatic nitrogens is 4. The second-order valence-electron chi connectivity index (χ2n) is 8.92. The summed E-state index contributed by atoms with van der Waals surface area (Å²) in [4.78, 5) is 30.8. The number of carbonyl (C=O) groups excluding carboxylic acids is 2. The number of rotatable bonds is 10. The summed E-state index contributed by atoms with van der Waals surface area (Å²) in [5, 5.41) is 17.9. The molecule has 2 aromatic heterocycles. The maximum absolute atomic E-state index is 13.8. The number of tetrazole rings is 1. The molecule has 0 aliphatic carbocycles. The third kappa shape index (κ3) is 6.77. The second kappa shape index (κ2) is 12.6. The lowest BCUT2D eigenvalue weighted by molar-refractivity contribution is -0.142. The molecular weight excluding hydrogens is 551 g/mol. The lowest BCUT2D eigenvalue weighted by Crippen LogP contribution is -2.44. The van der Waals surface area contributed by atoms with E-state index in [1.807, 2.05) is 47.8 Å². The highest BCUT2D eigenvalue weighted by Crippen LogP contribution is 2.28. The van der Waals surface area contributed by atoms with E-state index in [4.69, 9.17) is 11.6 Å². The van der Waals surface area contributed by atoms with E-state index in [2.05, 4.69) is 20.7 Å². The van der Waals surface area contributed by atoms with E-state index in [1.54, 1.807) is 36.4 Å². The van der Waals surface area contributed by atoms with Crippen LogP contribution in [0.5, 0.6) is 0 Å². The first kappa shape index (κ1) is 27.2. The first-order valence-electron chi connectivity index (χ1n) is 12.4. The normalized spacial score (nSPS) is 11.7. The molecule has 11 heteroatoms. The average molecular weight is 575 g/mol. The summed E-state index contributed by atoms with van der Waals surface area (Å²) in [6.07, 6.45) is 0. The predicted octanol–water partition coefficient (Wildman–Crippen LogP) is 5.28. The number of nitrogens with one attached hydrogen (secondary N) is 1. The SMILES string of the molecule is O=C(NCc1ccccc1)C(c1cccs1)N(Cc1ccc(F)cc1)C(=O)Cn1nnc(-c2ccc(Cl)cc2)n1. The number of benzene rings is 3. The Hall–Kier alpha value is -4.41. The monoisotopic (exact) mass is 574 g/mol. The van der Waals surface area contributed by atoms with Crippen LogP contribution in [0.4, 0.5) is 4.39 Å². The number of amides is 2. The van der Waals surface area contributed by atoms with E-state index in [0.717, 1.165) is 5.56 Å². The minimum Gasteiger partial charge on any atom is -0.350 e. The van der Waals surface area contributed by atoms with Crippen LogP contribution < -0.4 is 5.32 Å². The Kier molecular flexibility index (Phi) is 8.58. The van der Waals surface area contributed by atoms with Gasteiger partial charge in [-0.25, -0.2) is 4.39 Å². The van der Waals surface area contributed by atoms with Crippen molar-refractivity contribution in [3.05, 3.63) is 123 Å². The van der Waals surface area contributed by atoms with Crippen LogP contribution in [0.1, 0.15) is 22.0 Å². The third-order valence-electron chi connectivity index (χ3n) is 6.10. The maximum atomic E-state index is 13.8. The summed E-state index contributed by atoms with van der Waals surface area (Å²) in [5.41, 5.74) is 2.29. The summed E-state index contributed by atoms with van der Waals surface area (Å²) in [6, 6.07) is 25.0. The molecule has 8 nitrogen and oxygen atoms in total. The van der Waals surface area contributed by atoms with Gasteiger partial charge in [-0.3, -0.25) is 9.59 Å². The Labute approximate surface area is 239 Å². The molecule has 1 N–H and O–H groups in total.